The van der Waals surface area contributed by atoms with Gasteiger partial charge in [0, 0.05) is 54.7 Å². The Bertz CT molecular complexity index is 1400. The summed E-state index contributed by atoms with van der Waals surface area (Å²) in [5, 5.41) is 13.9. The molecule has 1 heterocycles. The third kappa shape index (κ3) is 18.2. The van der Waals surface area contributed by atoms with Gasteiger partial charge in [0.05, 0.1) is 6.04 Å². The van der Waals surface area contributed by atoms with Gasteiger partial charge < -0.3 is 26.9 Å². The Morgan fingerprint density at radius 2 is 1.46 bits per heavy atom. The second-order valence-electron chi connectivity index (χ2n) is 15.3. The van der Waals surface area contributed by atoms with Crippen molar-refractivity contribution in [2.45, 2.75) is 162 Å². The number of H-pyrrole nitrogens is 1. The topological polar surface area (TPSA) is 181 Å². The number of hydrogen-bond donors (Lipinski definition) is 5. The Morgan fingerprint density at radius 3 is 2.04 bits per heavy atom. The van der Waals surface area contributed by atoms with Gasteiger partial charge in [-0.25, -0.2) is 0 Å². The monoisotopic (exact) mass is 724 g/mol. The number of carbonyl (C=O) groups excluding carboxylic acids is 4. The maximum absolute atomic E-state index is 14.0. The molecule has 0 spiro atoms. The number of aromatic hydroxyl groups is 1. The van der Waals surface area contributed by atoms with E-state index in [0.29, 0.717) is 32.2 Å². The van der Waals surface area contributed by atoms with E-state index in [2.05, 4.69) is 22.2 Å². The van der Waals surface area contributed by atoms with Crippen LogP contribution in [0.15, 0.2) is 29.4 Å². The van der Waals surface area contributed by atoms with Gasteiger partial charge in [0.2, 0.25) is 5.91 Å². The normalized spacial score (nSPS) is 13.2. The fourth-order valence-corrected chi connectivity index (χ4v) is 7.03. The Labute approximate surface area is 312 Å². The lowest BCUT2D eigenvalue weighted by atomic mass is 9.86. The zero-order valence-corrected chi connectivity index (χ0v) is 32.7. The molecule has 2 aromatic rings. The number of aliphatic imine (C=N–C) groups is 1. The number of ketones is 3. The number of aromatic nitrogens is 1. The van der Waals surface area contributed by atoms with Crippen molar-refractivity contribution in [3.05, 3.63) is 30.0 Å². The van der Waals surface area contributed by atoms with Crippen molar-refractivity contribution in [2.75, 3.05) is 6.54 Å². The lowest BCUT2D eigenvalue weighted by Gasteiger charge is -2.24. The molecular weight excluding hydrogens is 654 g/mol. The van der Waals surface area contributed by atoms with E-state index in [1.165, 1.54) is 71.1 Å². The van der Waals surface area contributed by atoms with Crippen LogP contribution in [0.5, 0.6) is 5.75 Å². The summed E-state index contributed by atoms with van der Waals surface area (Å²) in [5.74, 6) is -1.47. The molecule has 0 bridgehead atoms. The molecule has 0 saturated carbocycles. The Morgan fingerprint density at radius 1 is 0.846 bits per heavy atom. The Balaban J connectivity index is 2.07. The highest BCUT2D eigenvalue weighted by Crippen LogP contribution is 2.27. The van der Waals surface area contributed by atoms with Crippen molar-refractivity contribution >= 4 is 40.1 Å². The second-order valence-corrected chi connectivity index (χ2v) is 15.3. The smallest absolute Gasteiger partial charge is 0.224 e. The first-order valence-electron chi connectivity index (χ1n) is 20.1. The summed E-state index contributed by atoms with van der Waals surface area (Å²) in [4.78, 5) is 60.7. The first kappa shape index (κ1) is 44.5. The number of rotatable bonds is 30. The Kier molecular flexibility index (Phi) is 21.6. The number of phenolic OH excluding ortho intramolecular Hbond substituents is 1. The minimum atomic E-state index is -0.846. The number of nitrogens with zero attached hydrogens (tertiary/aromatic N) is 1. The summed E-state index contributed by atoms with van der Waals surface area (Å²) >= 11 is 0. The number of nitrogens with one attached hydrogen (secondary N) is 2. The van der Waals surface area contributed by atoms with E-state index in [4.69, 9.17) is 11.5 Å². The fraction of sp³-hybridized carbons (Fsp3) is 0.690. The molecule has 292 valence electrons. The maximum atomic E-state index is 14.0. The van der Waals surface area contributed by atoms with Gasteiger partial charge in [0.25, 0.3) is 0 Å². The molecule has 7 N–H and O–H groups in total. The average Bonchev–Trinajstić information content (AvgIpc) is 3.48. The number of hydrogen-bond acceptors (Lipinski definition) is 6. The first-order valence-corrected chi connectivity index (χ1v) is 20.1. The lowest BCUT2D eigenvalue weighted by Crippen LogP contribution is -2.45. The molecule has 0 radical (unpaired) electrons. The summed E-state index contributed by atoms with van der Waals surface area (Å²) in [6.07, 6.45) is 19.8. The lowest BCUT2D eigenvalue weighted by molar-refractivity contribution is -0.133. The van der Waals surface area contributed by atoms with E-state index in [0.717, 1.165) is 35.7 Å². The summed E-state index contributed by atoms with van der Waals surface area (Å²) in [6, 6.07) is 4.18. The number of aromatic amines is 1. The highest BCUT2D eigenvalue weighted by atomic mass is 16.3. The zero-order valence-electron chi connectivity index (χ0n) is 32.7. The minimum absolute atomic E-state index is 0.0233. The zero-order chi connectivity index (χ0) is 38.3. The van der Waals surface area contributed by atoms with Crippen LogP contribution in [0.4, 0.5) is 0 Å². The van der Waals surface area contributed by atoms with Crippen LogP contribution in [0.1, 0.15) is 155 Å². The molecule has 10 nitrogen and oxygen atoms in total. The number of amides is 1. The van der Waals surface area contributed by atoms with Gasteiger partial charge in [-0.2, -0.15) is 0 Å². The van der Waals surface area contributed by atoms with Crippen LogP contribution >= 0.6 is 0 Å². The molecule has 0 unspecified atom stereocenters. The number of carbonyl (C=O) groups is 4. The van der Waals surface area contributed by atoms with Gasteiger partial charge in [-0.3, -0.25) is 24.2 Å². The van der Waals surface area contributed by atoms with Crippen LogP contribution in [0.3, 0.4) is 0 Å². The third-order valence-electron chi connectivity index (χ3n) is 10.1. The highest BCUT2D eigenvalue weighted by molar-refractivity contribution is 5.94. The van der Waals surface area contributed by atoms with Gasteiger partial charge in [0.15, 0.2) is 11.7 Å². The number of phenols is 1. The molecule has 0 aliphatic rings. The maximum Gasteiger partial charge on any atom is 0.224 e. The quantitative estimate of drug-likeness (QED) is 0.0306. The van der Waals surface area contributed by atoms with Crippen LogP contribution in [-0.2, 0) is 25.6 Å². The number of nitrogens with two attached hydrogens (primary N) is 2. The first-order chi connectivity index (χ1) is 24.9. The molecular formula is C42H69N5O5. The fourth-order valence-electron chi connectivity index (χ4n) is 7.03. The molecule has 1 amide bonds. The molecule has 0 saturated heterocycles. The summed E-state index contributed by atoms with van der Waals surface area (Å²) in [6.45, 7) is 8.07. The summed E-state index contributed by atoms with van der Waals surface area (Å²) in [7, 11) is 0. The van der Waals surface area contributed by atoms with Crippen molar-refractivity contribution < 1.29 is 24.3 Å². The van der Waals surface area contributed by atoms with E-state index in [-0.39, 0.29) is 60.1 Å². The van der Waals surface area contributed by atoms with Gasteiger partial charge in [-0.1, -0.05) is 97.8 Å². The van der Waals surface area contributed by atoms with E-state index >= 15 is 0 Å². The summed E-state index contributed by atoms with van der Waals surface area (Å²) < 4.78 is 0. The SMILES string of the molecule is CCCCCCCCCCCCCCCC(=O)C[C@@H](Cc1c[nH]c2ccc(O)cc12)C(=O)N[C@@H](CCCN=C(N)N)C(=O)C[C@@H](CC(C)C)C(C)=O. The van der Waals surface area contributed by atoms with Crippen molar-refractivity contribution in [1.29, 1.82) is 0 Å². The number of guanidine groups is 1. The molecule has 10 heteroatoms. The predicted molar refractivity (Wildman–Crippen MR) is 212 cm³/mol. The molecule has 0 aliphatic carbocycles. The van der Waals surface area contributed by atoms with Crippen molar-refractivity contribution in [3.8, 4) is 5.75 Å². The van der Waals surface area contributed by atoms with Crippen LogP contribution in [-0.4, -0.2) is 51.9 Å². The van der Waals surface area contributed by atoms with Crippen LogP contribution in [0.25, 0.3) is 10.9 Å². The largest absolute Gasteiger partial charge is 0.508 e. The van der Waals surface area contributed by atoms with Crippen molar-refractivity contribution in [2.24, 2.45) is 34.2 Å². The average molecular weight is 724 g/mol. The van der Waals surface area contributed by atoms with E-state index in [1.54, 1.807) is 18.2 Å². The number of Topliss-reactive ketones (excluding diaryl/α,β-unsaturated/α-hetero) is 3. The highest BCUT2D eigenvalue weighted by Gasteiger charge is 2.30. The van der Waals surface area contributed by atoms with Gasteiger partial charge in [0.1, 0.15) is 17.3 Å². The van der Waals surface area contributed by atoms with Gasteiger partial charge in [-0.05, 0) is 68.7 Å². The molecule has 3 atom stereocenters. The third-order valence-corrected chi connectivity index (χ3v) is 10.1. The number of benzene rings is 1. The number of unbranched alkanes of at least 4 members (excludes halogenated alkanes) is 12. The predicted octanol–water partition coefficient (Wildman–Crippen LogP) is 8.22. The van der Waals surface area contributed by atoms with E-state index < -0.39 is 17.9 Å². The Hall–Kier alpha value is -3.69. The second kappa shape index (κ2) is 25.3. The molecule has 1 aromatic carbocycles. The molecule has 0 aliphatic heterocycles. The minimum Gasteiger partial charge on any atom is -0.508 e. The van der Waals surface area contributed by atoms with Gasteiger partial charge in [-0.15, -0.1) is 0 Å². The molecule has 2 rings (SSSR count). The van der Waals surface area contributed by atoms with E-state index in [1.807, 2.05) is 20.0 Å². The molecule has 52 heavy (non-hydrogen) atoms. The van der Waals surface area contributed by atoms with Crippen LogP contribution in [0.2, 0.25) is 0 Å². The molecule has 1 aromatic heterocycles. The van der Waals surface area contributed by atoms with Crippen molar-refractivity contribution in [3.63, 3.8) is 0 Å². The number of fused-ring (bicyclic) bond motifs is 1. The standard InChI is InChI=1S/C42H69N5O5/c1-5-6-7-8-9-10-11-12-13-14-15-16-17-19-35(49)26-33(25-34-29-46-38-22-21-36(50)28-37(34)38)41(52)47-39(20-18-23-45-42(43)44)40(51)27-32(31(4)48)24-30(2)3/h21-22,28-30,32-33,39,46,50H,5-20,23-27H2,1-4H3,(H,47,52)(H4,43,44,45)/t32-,33-,39+/m1/s1. The summed E-state index contributed by atoms with van der Waals surface area (Å²) in [5.41, 5.74) is 12.6. The van der Waals surface area contributed by atoms with E-state index in [9.17, 15) is 24.3 Å². The van der Waals surface area contributed by atoms with Crippen LogP contribution < -0.4 is 16.8 Å². The molecule has 0 fully saturated rings. The van der Waals surface area contributed by atoms with Gasteiger partial charge >= 0.3 is 0 Å². The van der Waals surface area contributed by atoms with Crippen LogP contribution in [0, 0.1) is 17.8 Å². The van der Waals surface area contributed by atoms with Crippen molar-refractivity contribution in [1.82, 2.24) is 10.3 Å².